The second-order valence-electron chi connectivity index (χ2n) is 6.39. The van der Waals surface area contributed by atoms with Crippen molar-refractivity contribution in [3.63, 3.8) is 0 Å². The summed E-state index contributed by atoms with van der Waals surface area (Å²) in [6.45, 7) is 4.10. The Balaban J connectivity index is 1.52. The van der Waals surface area contributed by atoms with Crippen LogP contribution in [-0.4, -0.2) is 51.7 Å². The quantitative estimate of drug-likeness (QED) is 0.729. The van der Waals surface area contributed by atoms with E-state index in [2.05, 4.69) is 20.6 Å². The van der Waals surface area contributed by atoms with Gasteiger partial charge in [-0.25, -0.2) is 0 Å². The molecule has 3 aromatic heterocycles. The monoisotopic (exact) mass is 340 g/mol. The Morgan fingerprint density at radius 3 is 3.16 bits per heavy atom. The molecule has 0 aromatic carbocycles. The Kier molecular flexibility index (Phi) is 4.23. The molecule has 1 amide bonds. The molecule has 7 nitrogen and oxygen atoms in total. The van der Waals surface area contributed by atoms with E-state index < -0.39 is 0 Å². The minimum Gasteiger partial charge on any atom is -0.379 e. The van der Waals surface area contributed by atoms with Gasteiger partial charge in [-0.1, -0.05) is 5.16 Å². The average molecular weight is 340 g/mol. The fourth-order valence-electron chi connectivity index (χ4n) is 3.28. The van der Waals surface area contributed by atoms with E-state index in [0.29, 0.717) is 37.8 Å². The highest BCUT2D eigenvalue weighted by atomic mass is 16.5. The van der Waals surface area contributed by atoms with E-state index in [1.165, 1.54) is 0 Å². The third-order valence-electron chi connectivity index (χ3n) is 4.49. The number of rotatable bonds is 3. The van der Waals surface area contributed by atoms with Crippen LogP contribution in [0.1, 0.15) is 21.9 Å². The molecule has 0 bridgehead atoms. The number of fused-ring (bicyclic) bond motifs is 1. The van der Waals surface area contributed by atoms with E-state index in [0.717, 1.165) is 17.6 Å². The Morgan fingerprint density at radius 1 is 1.40 bits per heavy atom. The third kappa shape index (κ3) is 3.28. The van der Waals surface area contributed by atoms with Crippen LogP contribution in [-0.2, 0) is 11.2 Å². The lowest BCUT2D eigenvalue weighted by Gasteiger charge is -2.22. The van der Waals surface area contributed by atoms with Crippen LogP contribution in [0.3, 0.4) is 0 Å². The van der Waals surface area contributed by atoms with Gasteiger partial charge in [0.1, 0.15) is 5.76 Å². The van der Waals surface area contributed by atoms with E-state index in [-0.39, 0.29) is 11.8 Å². The van der Waals surface area contributed by atoms with Crippen LogP contribution in [0.5, 0.6) is 0 Å². The predicted octanol–water partition coefficient (Wildman–Crippen LogP) is 1.96. The van der Waals surface area contributed by atoms with Gasteiger partial charge in [0.25, 0.3) is 5.91 Å². The first-order valence-corrected chi connectivity index (χ1v) is 8.41. The maximum absolute atomic E-state index is 12.7. The van der Waals surface area contributed by atoms with Crippen LogP contribution >= 0.6 is 0 Å². The Labute approximate surface area is 145 Å². The zero-order chi connectivity index (χ0) is 17.2. The van der Waals surface area contributed by atoms with Crippen molar-refractivity contribution in [2.45, 2.75) is 13.3 Å². The zero-order valence-electron chi connectivity index (χ0n) is 14.1. The summed E-state index contributed by atoms with van der Waals surface area (Å²) in [5.74, 6) is 0.712. The average Bonchev–Trinajstić information content (AvgIpc) is 3.20. The standard InChI is InChI=1S/C18H20N4O3/c1-13-9-16(20-25-13)18(23)22-7-8-24-12-14(11-22)10-15-17-3-2-5-21(17)6-4-19-15/h2-6,9,14H,7-8,10-12H2,1H3/t14-/m1/s1. The third-order valence-corrected chi connectivity index (χ3v) is 4.49. The van der Waals surface area contributed by atoms with E-state index in [9.17, 15) is 4.79 Å². The molecule has 0 saturated carbocycles. The van der Waals surface area contributed by atoms with E-state index >= 15 is 0 Å². The molecule has 1 fully saturated rings. The van der Waals surface area contributed by atoms with Crippen molar-refractivity contribution in [1.29, 1.82) is 0 Å². The highest BCUT2D eigenvalue weighted by molar-refractivity contribution is 5.92. The summed E-state index contributed by atoms with van der Waals surface area (Å²) in [5.41, 5.74) is 2.47. The number of carbonyl (C=O) groups is 1. The minimum atomic E-state index is -0.110. The first-order chi connectivity index (χ1) is 12.2. The lowest BCUT2D eigenvalue weighted by molar-refractivity contribution is 0.0727. The highest BCUT2D eigenvalue weighted by Gasteiger charge is 2.26. The second kappa shape index (κ2) is 6.68. The lowest BCUT2D eigenvalue weighted by atomic mass is 10.0. The summed E-state index contributed by atoms with van der Waals surface area (Å²) >= 11 is 0. The minimum absolute atomic E-state index is 0.110. The van der Waals surface area contributed by atoms with Crippen molar-refractivity contribution in [1.82, 2.24) is 19.4 Å². The first-order valence-electron chi connectivity index (χ1n) is 8.41. The van der Waals surface area contributed by atoms with Gasteiger partial charge in [0.2, 0.25) is 0 Å². The van der Waals surface area contributed by atoms with Crippen LogP contribution in [0.2, 0.25) is 0 Å². The maximum Gasteiger partial charge on any atom is 0.276 e. The summed E-state index contributed by atoms with van der Waals surface area (Å²) in [5, 5.41) is 3.84. The summed E-state index contributed by atoms with van der Waals surface area (Å²) in [7, 11) is 0. The Morgan fingerprint density at radius 2 is 2.32 bits per heavy atom. The second-order valence-corrected chi connectivity index (χ2v) is 6.39. The smallest absolute Gasteiger partial charge is 0.276 e. The molecule has 1 saturated heterocycles. The normalized spacial score (nSPS) is 18.4. The molecule has 0 spiro atoms. The van der Waals surface area contributed by atoms with Crippen molar-refractivity contribution < 1.29 is 14.1 Å². The number of hydrogen-bond acceptors (Lipinski definition) is 5. The van der Waals surface area contributed by atoms with E-state index in [1.807, 2.05) is 18.5 Å². The first kappa shape index (κ1) is 15.8. The van der Waals surface area contributed by atoms with Gasteiger partial charge in [-0.2, -0.15) is 0 Å². The zero-order valence-corrected chi connectivity index (χ0v) is 14.1. The fraction of sp³-hybridized carbons (Fsp3) is 0.389. The topological polar surface area (TPSA) is 72.9 Å². The van der Waals surface area contributed by atoms with Gasteiger partial charge in [0.05, 0.1) is 24.4 Å². The number of amides is 1. The molecule has 1 aliphatic rings. The molecule has 0 radical (unpaired) electrons. The number of ether oxygens (including phenoxy) is 1. The fourth-order valence-corrected chi connectivity index (χ4v) is 3.28. The molecule has 25 heavy (non-hydrogen) atoms. The number of hydrogen-bond donors (Lipinski definition) is 0. The summed E-state index contributed by atoms with van der Waals surface area (Å²) < 4.78 is 12.8. The molecule has 1 aliphatic heterocycles. The van der Waals surface area contributed by atoms with Gasteiger partial charge in [0.15, 0.2) is 5.69 Å². The van der Waals surface area contributed by atoms with Crippen molar-refractivity contribution in [2.75, 3.05) is 26.3 Å². The van der Waals surface area contributed by atoms with Crippen LogP contribution < -0.4 is 0 Å². The molecular weight excluding hydrogens is 320 g/mol. The Bertz CT molecular complexity index is 885. The van der Waals surface area contributed by atoms with Gasteiger partial charge in [-0.15, -0.1) is 0 Å². The number of nitrogens with zero attached hydrogens (tertiary/aromatic N) is 4. The highest BCUT2D eigenvalue weighted by Crippen LogP contribution is 2.18. The molecule has 0 unspecified atom stereocenters. The summed E-state index contributed by atoms with van der Waals surface area (Å²) in [6.07, 6.45) is 6.51. The molecule has 3 aromatic rings. The van der Waals surface area contributed by atoms with Crippen molar-refractivity contribution in [3.8, 4) is 0 Å². The van der Waals surface area contributed by atoms with Crippen LogP contribution in [0.4, 0.5) is 0 Å². The largest absolute Gasteiger partial charge is 0.379 e. The van der Waals surface area contributed by atoms with Gasteiger partial charge in [0, 0.05) is 43.7 Å². The molecular formula is C18H20N4O3. The van der Waals surface area contributed by atoms with E-state index in [1.54, 1.807) is 24.1 Å². The number of aryl methyl sites for hydroxylation is 1. The van der Waals surface area contributed by atoms with Gasteiger partial charge in [-0.05, 0) is 25.5 Å². The number of aromatic nitrogens is 3. The van der Waals surface area contributed by atoms with Gasteiger partial charge < -0.3 is 18.6 Å². The van der Waals surface area contributed by atoms with Crippen LogP contribution in [0.25, 0.3) is 5.52 Å². The van der Waals surface area contributed by atoms with Gasteiger partial charge >= 0.3 is 0 Å². The van der Waals surface area contributed by atoms with Crippen molar-refractivity contribution >= 4 is 11.4 Å². The molecule has 7 heteroatoms. The molecule has 4 heterocycles. The SMILES string of the molecule is Cc1cc(C(=O)N2CCOC[C@H](Cc3nccn4cccc34)C2)no1. The van der Waals surface area contributed by atoms with Crippen LogP contribution in [0.15, 0.2) is 41.3 Å². The number of carbonyl (C=O) groups excluding carboxylic acids is 1. The summed E-state index contributed by atoms with van der Waals surface area (Å²) in [4.78, 5) is 19.0. The lowest BCUT2D eigenvalue weighted by Crippen LogP contribution is -2.36. The predicted molar refractivity (Wildman–Crippen MR) is 90.3 cm³/mol. The van der Waals surface area contributed by atoms with Crippen molar-refractivity contribution in [3.05, 3.63) is 53.9 Å². The van der Waals surface area contributed by atoms with Gasteiger partial charge in [-0.3, -0.25) is 9.78 Å². The molecule has 130 valence electrons. The molecule has 4 rings (SSSR count). The summed E-state index contributed by atoms with van der Waals surface area (Å²) in [6, 6.07) is 5.74. The van der Waals surface area contributed by atoms with Crippen molar-refractivity contribution in [2.24, 2.45) is 5.92 Å². The van der Waals surface area contributed by atoms with E-state index in [4.69, 9.17) is 9.26 Å². The van der Waals surface area contributed by atoms with Crippen LogP contribution in [0, 0.1) is 12.8 Å². The maximum atomic E-state index is 12.7. The Hall–Kier alpha value is -2.67. The molecule has 0 N–H and O–H groups in total. The molecule has 1 atom stereocenters. The molecule has 0 aliphatic carbocycles.